The Bertz CT molecular complexity index is 1270. The van der Waals surface area contributed by atoms with E-state index in [2.05, 4.69) is 0 Å². The fourth-order valence-electron chi connectivity index (χ4n) is 4.19. The van der Waals surface area contributed by atoms with Gasteiger partial charge in [0.25, 0.3) is 0 Å². The van der Waals surface area contributed by atoms with Crippen molar-refractivity contribution in [1.82, 2.24) is 8.87 Å². The van der Waals surface area contributed by atoms with Crippen molar-refractivity contribution in [2.45, 2.75) is 44.6 Å². The zero-order chi connectivity index (χ0) is 24.3. The van der Waals surface area contributed by atoms with Crippen LogP contribution >= 0.6 is 0 Å². The maximum Gasteiger partial charge on any atom is 0.338 e. The molecule has 0 bridgehead atoms. The van der Waals surface area contributed by atoms with Crippen LogP contribution in [-0.2, 0) is 21.3 Å². The van der Waals surface area contributed by atoms with Gasteiger partial charge < -0.3 is 13.7 Å². The number of piperidine rings is 1. The number of esters is 1. The molecule has 180 valence electrons. The van der Waals surface area contributed by atoms with E-state index in [9.17, 15) is 18.0 Å². The third-order valence-corrected chi connectivity index (χ3v) is 8.06. The number of ketones is 1. The molecule has 2 aromatic heterocycles. The number of hydrogen-bond donors (Lipinski definition) is 0. The lowest BCUT2D eigenvalue weighted by Gasteiger charge is -2.25. The Balaban J connectivity index is 1.38. The van der Waals surface area contributed by atoms with E-state index in [1.807, 2.05) is 30.5 Å². The molecule has 0 spiro atoms. The second kappa shape index (κ2) is 9.99. The van der Waals surface area contributed by atoms with Gasteiger partial charge in [0.15, 0.2) is 6.61 Å². The van der Waals surface area contributed by atoms with E-state index in [-0.39, 0.29) is 16.2 Å². The molecule has 0 N–H and O–H groups in total. The second-order valence-corrected chi connectivity index (χ2v) is 10.4. The molecule has 3 aromatic rings. The molecule has 0 amide bonds. The van der Waals surface area contributed by atoms with Crippen LogP contribution in [0.5, 0.6) is 0 Å². The van der Waals surface area contributed by atoms with Gasteiger partial charge in [0.05, 0.1) is 23.3 Å². The minimum Gasteiger partial charge on any atom is -0.467 e. The first-order chi connectivity index (χ1) is 16.3. The average Bonchev–Trinajstić information content (AvgIpc) is 3.47. The number of nitrogens with zero attached hydrogens (tertiary/aromatic N) is 2. The fourth-order valence-corrected chi connectivity index (χ4v) is 5.71. The molecule has 1 fully saturated rings. The van der Waals surface area contributed by atoms with Crippen LogP contribution in [0, 0.1) is 13.8 Å². The number of aryl methyl sites for hydroxylation is 1. The van der Waals surface area contributed by atoms with Crippen molar-refractivity contribution < 1.29 is 27.2 Å². The number of ether oxygens (including phenoxy) is 1. The van der Waals surface area contributed by atoms with E-state index in [1.54, 1.807) is 12.3 Å². The zero-order valence-corrected chi connectivity index (χ0v) is 20.1. The summed E-state index contributed by atoms with van der Waals surface area (Å²) in [6.07, 6.45) is 4.33. The number of carbonyl (C=O) groups excluding carboxylic acids is 2. The number of hydrogen-bond acceptors (Lipinski definition) is 6. The summed E-state index contributed by atoms with van der Waals surface area (Å²) in [4.78, 5) is 25.3. The monoisotopic (exact) mass is 484 g/mol. The number of Topliss-reactive ketones (excluding diaryl/α,β-unsaturated/α-hetero) is 1. The van der Waals surface area contributed by atoms with Crippen molar-refractivity contribution in [3.8, 4) is 0 Å². The molecule has 34 heavy (non-hydrogen) atoms. The highest BCUT2D eigenvalue weighted by Crippen LogP contribution is 2.22. The van der Waals surface area contributed by atoms with Gasteiger partial charge in [0.1, 0.15) is 5.76 Å². The molecule has 8 nitrogen and oxygen atoms in total. The van der Waals surface area contributed by atoms with Gasteiger partial charge in [-0.3, -0.25) is 4.79 Å². The van der Waals surface area contributed by atoms with Gasteiger partial charge in [-0.1, -0.05) is 6.42 Å². The number of rotatable bonds is 8. The van der Waals surface area contributed by atoms with Crippen molar-refractivity contribution in [1.29, 1.82) is 0 Å². The molecule has 1 aliphatic rings. The van der Waals surface area contributed by atoms with Gasteiger partial charge in [-0.15, -0.1) is 0 Å². The lowest BCUT2D eigenvalue weighted by Crippen LogP contribution is -2.35. The number of carbonyl (C=O) groups is 2. The molecule has 0 saturated carbocycles. The standard InChI is InChI=1S/C25H28N2O6S/c1-18-15-23(19(2)27(18)16-21-7-6-14-32-21)24(28)17-33-25(29)20-8-10-22(11-9-20)34(30,31)26-12-4-3-5-13-26/h6-11,14-15H,3-5,12-13,16-17H2,1-2H3. The first kappa shape index (κ1) is 24.0. The van der Waals surface area contributed by atoms with Gasteiger partial charge in [-0.05, 0) is 69.2 Å². The Morgan fingerprint density at radius 1 is 1.03 bits per heavy atom. The summed E-state index contributed by atoms with van der Waals surface area (Å²) in [5, 5.41) is 0. The van der Waals surface area contributed by atoms with Gasteiger partial charge in [-0.2, -0.15) is 4.31 Å². The molecule has 3 heterocycles. The number of aromatic nitrogens is 1. The fraction of sp³-hybridized carbons (Fsp3) is 0.360. The van der Waals surface area contributed by atoms with Crippen LogP contribution < -0.4 is 0 Å². The Morgan fingerprint density at radius 2 is 1.74 bits per heavy atom. The topological polar surface area (TPSA) is 98.8 Å². The quantitative estimate of drug-likeness (QED) is 0.355. The van der Waals surface area contributed by atoms with Crippen LogP contribution in [0.1, 0.15) is 57.1 Å². The predicted octanol–water partition coefficient (Wildman–Crippen LogP) is 3.96. The van der Waals surface area contributed by atoms with Crippen LogP contribution in [0.4, 0.5) is 0 Å². The molecule has 0 unspecified atom stereocenters. The Hall–Kier alpha value is -3.17. The number of sulfonamides is 1. The van der Waals surface area contributed by atoms with Gasteiger partial charge in [-0.25, -0.2) is 13.2 Å². The smallest absolute Gasteiger partial charge is 0.338 e. The van der Waals surface area contributed by atoms with Gasteiger partial charge in [0.2, 0.25) is 15.8 Å². The molecule has 4 rings (SSSR count). The maximum atomic E-state index is 12.8. The summed E-state index contributed by atoms with van der Waals surface area (Å²) in [5.74, 6) is -0.214. The average molecular weight is 485 g/mol. The number of furan rings is 1. The van der Waals surface area contributed by atoms with Crippen molar-refractivity contribution in [3.63, 3.8) is 0 Å². The van der Waals surface area contributed by atoms with E-state index >= 15 is 0 Å². The maximum absolute atomic E-state index is 12.8. The van der Waals surface area contributed by atoms with Crippen LogP contribution in [0.15, 0.2) is 58.0 Å². The summed E-state index contributed by atoms with van der Waals surface area (Å²) in [6, 6.07) is 11.1. The molecule has 1 saturated heterocycles. The third kappa shape index (κ3) is 5.00. The molecule has 1 aromatic carbocycles. The molecule has 0 atom stereocenters. The van der Waals surface area contributed by atoms with Crippen LogP contribution in [0.2, 0.25) is 0 Å². The lowest BCUT2D eigenvalue weighted by molar-refractivity contribution is 0.0474. The molecule has 0 radical (unpaired) electrons. The largest absolute Gasteiger partial charge is 0.467 e. The summed E-state index contributed by atoms with van der Waals surface area (Å²) in [5.41, 5.74) is 2.34. The second-order valence-electron chi connectivity index (χ2n) is 8.44. The summed E-state index contributed by atoms with van der Waals surface area (Å²) < 4.78 is 39.6. The highest BCUT2D eigenvalue weighted by molar-refractivity contribution is 7.89. The predicted molar refractivity (Wildman–Crippen MR) is 125 cm³/mol. The van der Waals surface area contributed by atoms with E-state index in [1.165, 1.54) is 28.6 Å². The van der Waals surface area contributed by atoms with Crippen molar-refractivity contribution >= 4 is 21.8 Å². The summed E-state index contributed by atoms with van der Waals surface area (Å²) in [6.45, 7) is 4.86. The zero-order valence-electron chi connectivity index (χ0n) is 19.3. The normalized spacial score (nSPS) is 14.8. The Labute approximate surface area is 199 Å². The molecular formula is C25H28N2O6S. The summed E-state index contributed by atoms with van der Waals surface area (Å²) >= 11 is 0. The SMILES string of the molecule is Cc1cc(C(=O)COC(=O)c2ccc(S(=O)(=O)N3CCCCC3)cc2)c(C)n1Cc1ccco1. The van der Waals surface area contributed by atoms with E-state index in [4.69, 9.17) is 9.15 Å². The minimum absolute atomic E-state index is 0.144. The Morgan fingerprint density at radius 3 is 2.38 bits per heavy atom. The van der Waals surface area contributed by atoms with Crippen LogP contribution in [-0.4, -0.2) is 48.7 Å². The molecule has 9 heteroatoms. The minimum atomic E-state index is -3.57. The third-order valence-electron chi connectivity index (χ3n) is 6.15. The highest BCUT2D eigenvalue weighted by atomic mass is 32.2. The Kier molecular flexibility index (Phi) is 7.04. The first-order valence-corrected chi connectivity index (χ1v) is 12.7. The van der Waals surface area contributed by atoms with E-state index < -0.39 is 22.6 Å². The molecule has 1 aliphatic heterocycles. The van der Waals surface area contributed by atoms with Crippen molar-refractivity contribution in [3.05, 3.63) is 77.0 Å². The van der Waals surface area contributed by atoms with Crippen molar-refractivity contribution in [2.75, 3.05) is 19.7 Å². The number of benzene rings is 1. The highest BCUT2D eigenvalue weighted by Gasteiger charge is 2.26. The first-order valence-electron chi connectivity index (χ1n) is 11.3. The van der Waals surface area contributed by atoms with E-state index in [0.29, 0.717) is 25.2 Å². The lowest BCUT2D eigenvalue weighted by atomic mass is 10.1. The van der Waals surface area contributed by atoms with Gasteiger partial charge >= 0.3 is 5.97 Å². The van der Waals surface area contributed by atoms with E-state index in [0.717, 1.165) is 36.4 Å². The molecule has 0 aliphatic carbocycles. The van der Waals surface area contributed by atoms with Crippen molar-refractivity contribution in [2.24, 2.45) is 0 Å². The molecular weight excluding hydrogens is 456 g/mol. The van der Waals surface area contributed by atoms with Crippen LogP contribution in [0.25, 0.3) is 0 Å². The van der Waals surface area contributed by atoms with Crippen LogP contribution in [0.3, 0.4) is 0 Å². The van der Waals surface area contributed by atoms with Gasteiger partial charge in [0, 0.05) is 30.0 Å². The summed E-state index contributed by atoms with van der Waals surface area (Å²) in [7, 11) is -3.57.